The van der Waals surface area contributed by atoms with Crippen molar-refractivity contribution in [3.8, 4) is 27.4 Å². The van der Waals surface area contributed by atoms with Crippen molar-refractivity contribution < 1.29 is 14.3 Å². The average Bonchev–Trinajstić information content (AvgIpc) is 3.04. The lowest BCUT2D eigenvalue weighted by atomic mass is 10.1. The molecule has 1 aliphatic rings. The summed E-state index contributed by atoms with van der Waals surface area (Å²) in [6.07, 6.45) is 0.943. The number of carbonyl (C=O) groups excluding carboxylic acids is 1. The van der Waals surface area contributed by atoms with Gasteiger partial charge >= 0.3 is 6.16 Å². The lowest BCUT2D eigenvalue weighted by Gasteiger charge is -2.16. The summed E-state index contributed by atoms with van der Waals surface area (Å²) in [5, 5.41) is 2.00. The van der Waals surface area contributed by atoms with Gasteiger partial charge in [-0.15, -0.1) is 11.3 Å². The summed E-state index contributed by atoms with van der Waals surface area (Å²) in [6, 6.07) is 13.1. The molecule has 0 bridgehead atoms. The summed E-state index contributed by atoms with van der Waals surface area (Å²) in [5.74, 6) is 0.348. The number of aromatic nitrogens is 1. The van der Waals surface area contributed by atoms with Gasteiger partial charge in [-0.05, 0) is 41.5 Å². The van der Waals surface area contributed by atoms with E-state index >= 15 is 0 Å². The molecule has 2 aromatic heterocycles. The first-order valence-corrected chi connectivity index (χ1v) is 9.23. The SMILES string of the molecule is COC(=O)Oc1cc(-c2ccccc2)c(=O)n2c1-c1sccc1CCC2. The van der Waals surface area contributed by atoms with Crippen LogP contribution in [-0.2, 0) is 17.7 Å². The highest BCUT2D eigenvalue weighted by Gasteiger charge is 2.25. The van der Waals surface area contributed by atoms with Crippen molar-refractivity contribution in [1.29, 1.82) is 0 Å². The molecule has 0 radical (unpaired) electrons. The van der Waals surface area contributed by atoms with Crippen molar-refractivity contribution in [3.05, 3.63) is 63.8 Å². The molecule has 1 aliphatic heterocycles. The first-order valence-electron chi connectivity index (χ1n) is 8.35. The third kappa shape index (κ3) is 2.82. The van der Waals surface area contributed by atoms with Gasteiger partial charge in [0, 0.05) is 6.54 Å². The Hall–Kier alpha value is -2.86. The summed E-state index contributed by atoms with van der Waals surface area (Å²) in [4.78, 5) is 26.0. The van der Waals surface area contributed by atoms with Gasteiger partial charge in [0.15, 0.2) is 5.75 Å². The highest BCUT2D eigenvalue weighted by molar-refractivity contribution is 7.13. The maximum Gasteiger partial charge on any atom is 0.513 e. The Kier molecular flexibility index (Phi) is 4.34. The fourth-order valence-corrected chi connectivity index (χ4v) is 4.30. The smallest absolute Gasteiger partial charge is 0.437 e. The van der Waals surface area contributed by atoms with Gasteiger partial charge in [0.2, 0.25) is 0 Å². The summed E-state index contributed by atoms with van der Waals surface area (Å²) in [5.41, 5.74) is 3.04. The number of hydrogen-bond acceptors (Lipinski definition) is 5. The van der Waals surface area contributed by atoms with E-state index in [2.05, 4.69) is 10.8 Å². The minimum Gasteiger partial charge on any atom is -0.437 e. The first kappa shape index (κ1) is 16.6. The number of aryl methyl sites for hydroxylation is 1. The highest BCUT2D eigenvalue weighted by atomic mass is 32.1. The zero-order valence-corrected chi connectivity index (χ0v) is 15.0. The van der Waals surface area contributed by atoms with Crippen LogP contribution >= 0.6 is 11.3 Å². The molecule has 26 heavy (non-hydrogen) atoms. The van der Waals surface area contributed by atoms with Gasteiger partial charge in [0.05, 0.1) is 17.6 Å². The topological polar surface area (TPSA) is 57.5 Å². The molecule has 1 aromatic carbocycles. The molecule has 0 saturated heterocycles. The van der Waals surface area contributed by atoms with Crippen LogP contribution in [0.25, 0.3) is 21.7 Å². The predicted molar refractivity (Wildman–Crippen MR) is 101 cm³/mol. The Morgan fingerprint density at radius 2 is 2.00 bits per heavy atom. The quantitative estimate of drug-likeness (QED) is 0.633. The molecule has 3 aromatic rings. The van der Waals surface area contributed by atoms with Gasteiger partial charge in [-0.25, -0.2) is 4.79 Å². The third-order valence-corrected chi connectivity index (χ3v) is 5.45. The minimum atomic E-state index is -0.798. The van der Waals surface area contributed by atoms with Gasteiger partial charge in [-0.1, -0.05) is 30.3 Å². The van der Waals surface area contributed by atoms with Crippen molar-refractivity contribution in [2.45, 2.75) is 19.4 Å². The highest BCUT2D eigenvalue weighted by Crippen LogP contribution is 2.39. The van der Waals surface area contributed by atoms with Crippen LogP contribution in [0.5, 0.6) is 5.75 Å². The molecule has 0 unspecified atom stereocenters. The van der Waals surface area contributed by atoms with Crippen LogP contribution in [0.1, 0.15) is 12.0 Å². The zero-order valence-electron chi connectivity index (χ0n) is 14.2. The molecule has 0 N–H and O–H groups in total. The number of hydrogen-bond donors (Lipinski definition) is 0. The Balaban J connectivity index is 2.00. The molecule has 5 nitrogen and oxygen atoms in total. The lowest BCUT2D eigenvalue weighted by molar-refractivity contribution is 0.121. The average molecular weight is 367 g/mol. The van der Waals surface area contributed by atoms with Crippen molar-refractivity contribution in [2.24, 2.45) is 0 Å². The van der Waals surface area contributed by atoms with E-state index in [0.717, 1.165) is 23.3 Å². The van der Waals surface area contributed by atoms with E-state index in [1.807, 2.05) is 35.7 Å². The van der Waals surface area contributed by atoms with Crippen LogP contribution in [0.15, 0.2) is 52.6 Å². The Morgan fingerprint density at radius 1 is 1.19 bits per heavy atom. The maximum atomic E-state index is 13.2. The monoisotopic (exact) mass is 367 g/mol. The third-order valence-electron chi connectivity index (χ3n) is 4.49. The van der Waals surface area contributed by atoms with E-state index in [4.69, 9.17) is 4.74 Å². The fourth-order valence-electron chi connectivity index (χ4n) is 3.29. The molecule has 0 amide bonds. The lowest BCUT2D eigenvalue weighted by Crippen LogP contribution is -2.24. The molecular weight excluding hydrogens is 350 g/mol. The molecule has 0 fully saturated rings. The molecule has 4 rings (SSSR count). The number of rotatable bonds is 2. The molecule has 3 heterocycles. The second kappa shape index (κ2) is 6.80. The molecule has 0 atom stereocenters. The van der Waals surface area contributed by atoms with Gasteiger partial charge in [-0.2, -0.15) is 0 Å². The number of methoxy groups -OCH3 is 1. The number of thiophene rings is 1. The van der Waals surface area contributed by atoms with Gasteiger partial charge < -0.3 is 14.0 Å². The van der Waals surface area contributed by atoms with Crippen LogP contribution in [0.4, 0.5) is 4.79 Å². The van der Waals surface area contributed by atoms with E-state index in [-0.39, 0.29) is 5.56 Å². The Labute approximate surface area is 154 Å². The molecule has 6 heteroatoms. The molecule has 0 spiro atoms. The number of ether oxygens (including phenoxy) is 2. The van der Waals surface area contributed by atoms with E-state index in [0.29, 0.717) is 23.6 Å². The number of nitrogens with zero attached hydrogens (tertiary/aromatic N) is 1. The zero-order chi connectivity index (χ0) is 18.1. The standard InChI is InChI=1S/C20H17NO4S/c1-24-20(23)25-16-12-15(13-6-3-2-4-7-13)19(22)21-10-5-8-14-9-11-26-18(14)17(16)21/h2-4,6-7,9,11-12H,5,8,10H2,1H3. The first-order chi connectivity index (χ1) is 12.7. The molecule has 0 saturated carbocycles. The maximum absolute atomic E-state index is 13.2. The summed E-state index contributed by atoms with van der Waals surface area (Å²) < 4.78 is 11.8. The van der Waals surface area contributed by atoms with Gasteiger partial charge in [0.25, 0.3) is 5.56 Å². The molecule has 0 aliphatic carbocycles. The minimum absolute atomic E-state index is 0.0790. The van der Waals surface area contributed by atoms with Crippen LogP contribution in [0, 0.1) is 0 Å². The van der Waals surface area contributed by atoms with E-state index in [1.54, 1.807) is 22.0 Å². The van der Waals surface area contributed by atoms with Crippen molar-refractivity contribution in [2.75, 3.05) is 7.11 Å². The van der Waals surface area contributed by atoms with Crippen LogP contribution < -0.4 is 10.3 Å². The van der Waals surface area contributed by atoms with E-state index in [1.165, 1.54) is 12.7 Å². The van der Waals surface area contributed by atoms with Gasteiger partial charge in [-0.3, -0.25) is 4.79 Å². The summed E-state index contributed by atoms with van der Waals surface area (Å²) in [7, 11) is 1.27. The normalized spacial score (nSPS) is 12.7. The van der Waals surface area contributed by atoms with Crippen LogP contribution in [-0.4, -0.2) is 17.8 Å². The van der Waals surface area contributed by atoms with E-state index in [9.17, 15) is 9.59 Å². The Bertz CT molecular complexity index is 1020. The van der Waals surface area contributed by atoms with Crippen molar-refractivity contribution in [1.82, 2.24) is 4.57 Å². The second-order valence-electron chi connectivity index (χ2n) is 6.03. The van der Waals surface area contributed by atoms with Crippen LogP contribution in [0.3, 0.4) is 0 Å². The molecule has 132 valence electrons. The van der Waals surface area contributed by atoms with E-state index < -0.39 is 6.16 Å². The number of pyridine rings is 1. The van der Waals surface area contributed by atoms with Crippen molar-refractivity contribution >= 4 is 17.5 Å². The summed E-state index contributed by atoms with van der Waals surface area (Å²) in [6.45, 7) is 0.577. The molecular formula is C20H17NO4S. The second-order valence-corrected chi connectivity index (χ2v) is 6.94. The van der Waals surface area contributed by atoms with Crippen molar-refractivity contribution in [3.63, 3.8) is 0 Å². The Morgan fingerprint density at radius 3 is 2.77 bits per heavy atom. The van der Waals surface area contributed by atoms with Crippen LogP contribution in [0.2, 0.25) is 0 Å². The number of fused-ring (bicyclic) bond motifs is 3. The van der Waals surface area contributed by atoms with Gasteiger partial charge in [0.1, 0.15) is 5.69 Å². The predicted octanol–water partition coefficient (Wildman–Crippen LogP) is 4.34. The summed E-state index contributed by atoms with van der Waals surface area (Å²) >= 11 is 1.55. The number of carbonyl (C=O) groups is 1. The number of benzene rings is 1. The largest absolute Gasteiger partial charge is 0.513 e. The fraction of sp³-hybridized carbons (Fsp3) is 0.200.